The van der Waals surface area contributed by atoms with E-state index < -0.39 is 0 Å². The first kappa shape index (κ1) is 25.2. The molecule has 2 N–H and O–H groups in total. The normalized spacial score (nSPS) is 21.9. The van der Waals surface area contributed by atoms with Crippen molar-refractivity contribution in [2.45, 2.75) is 57.7 Å². The highest BCUT2D eigenvalue weighted by Gasteiger charge is 2.30. The number of aryl methyl sites for hydroxylation is 1. The molecule has 1 aromatic carbocycles. The second kappa shape index (κ2) is 12.2. The summed E-state index contributed by atoms with van der Waals surface area (Å²) in [6, 6.07) is 8.64. The number of hydrogen-bond acceptors (Lipinski definition) is 4. The van der Waals surface area contributed by atoms with E-state index in [1.54, 1.807) is 0 Å². The summed E-state index contributed by atoms with van der Waals surface area (Å²) in [5.74, 6) is 3.41. The van der Waals surface area contributed by atoms with Crippen LogP contribution >= 0.6 is 35.6 Å². The van der Waals surface area contributed by atoms with E-state index in [1.165, 1.54) is 37.7 Å². The van der Waals surface area contributed by atoms with Gasteiger partial charge in [0, 0.05) is 37.6 Å². The van der Waals surface area contributed by atoms with Gasteiger partial charge in [0.25, 0.3) is 0 Å². The second-order valence-electron chi connectivity index (χ2n) is 8.68. The lowest BCUT2D eigenvalue weighted by Crippen LogP contribution is -2.45. The molecule has 2 aromatic rings. The minimum atomic E-state index is 0. The topological polar surface area (TPSA) is 70.4 Å². The lowest BCUT2D eigenvalue weighted by atomic mass is 9.85. The molecule has 3 heterocycles. The smallest absolute Gasteiger partial charge is 0.191 e. The van der Waals surface area contributed by atoms with Gasteiger partial charge in [0.2, 0.25) is 0 Å². The fourth-order valence-corrected chi connectivity index (χ4v) is 5.18. The van der Waals surface area contributed by atoms with Crippen molar-refractivity contribution in [3.8, 4) is 0 Å². The van der Waals surface area contributed by atoms with Crippen molar-refractivity contribution in [1.29, 1.82) is 0 Å². The maximum atomic E-state index is 6.28. The number of hydrogen-bond donors (Lipinski definition) is 2. The van der Waals surface area contributed by atoms with Crippen LogP contribution in [0.4, 0.5) is 0 Å². The highest BCUT2D eigenvalue weighted by Crippen LogP contribution is 2.35. The van der Waals surface area contributed by atoms with E-state index in [1.807, 2.05) is 19.2 Å². The maximum absolute atomic E-state index is 6.28. The number of aliphatic imine (C=N–C) groups is 1. The van der Waals surface area contributed by atoms with E-state index in [2.05, 4.69) is 54.5 Å². The molecule has 1 saturated heterocycles. The van der Waals surface area contributed by atoms with Gasteiger partial charge in [0.05, 0.1) is 6.54 Å². The molecule has 0 spiro atoms. The molecule has 4 rings (SSSR count). The molecule has 2 unspecified atom stereocenters. The van der Waals surface area contributed by atoms with Crippen molar-refractivity contribution in [2.75, 3.05) is 27.2 Å². The molecule has 2 aliphatic heterocycles. The van der Waals surface area contributed by atoms with Gasteiger partial charge in [-0.2, -0.15) is 0 Å². The summed E-state index contributed by atoms with van der Waals surface area (Å²) in [5, 5.41) is 16.6. The van der Waals surface area contributed by atoms with Gasteiger partial charge >= 0.3 is 0 Å². The molecule has 0 amide bonds. The standard InChI is InChI=1S/C23H34ClN7.HI/c1-25-23(27-16-21-29-28-20-11-4-3-5-13-31(20)21)26-15-18-9-7-12-30(2)22(18)17-8-6-10-19(24)14-17;/h6,8,10,14,18,22H,3-5,7,9,11-13,15-16H2,1-2H3,(H2,25,26,27);1H. The first-order valence-electron chi connectivity index (χ1n) is 11.5. The number of aromatic nitrogens is 3. The molecule has 9 heteroatoms. The van der Waals surface area contributed by atoms with Crippen LogP contribution < -0.4 is 10.6 Å². The first-order valence-corrected chi connectivity index (χ1v) is 11.8. The number of rotatable bonds is 5. The molecule has 0 bridgehead atoms. The van der Waals surface area contributed by atoms with Gasteiger partial charge in [-0.3, -0.25) is 9.89 Å². The SMILES string of the molecule is CN=C(NCc1nnc2n1CCCCC2)NCC1CCCN(C)C1c1cccc(Cl)c1.I. The van der Waals surface area contributed by atoms with Gasteiger partial charge in [-0.25, -0.2) is 0 Å². The number of benzene rings is 1. The quantitative estimate of drug-likeness (QED) is 0.322. The van der Waals surface area contributed by atoms with E-state index in [0.717, 1.165) is 48.7 Å². The van der Waals surface area contributed by atoms with E-state index in [-0.39, 0.29) is 24.0 Å². The third-order valence-corrected chi connectivity index (χ3v) is 6.79. The molecule has 1 fully saturated rings. The number of likely N-dealkylation sites (tertiary alicyclic amines) is 1. The Hall–Kier alpha value is -1.39. The van der Waals surface area contributed by atoms with Crippen LogP contribution in [0.5, 0.6) is 0 Å². The van der Waals surface area contributed by atoms with Crippen molar-refractivity contribution >= 4 is 41.5 Å². The van der Waals surface area contributed by atoms with Crippen LogP contribution in [0, 0.1) is 5.92 Å². The van der Waals surface area contributed by atoms with Gasteiger partial charge in [0.15, 0.2) is 11.8 Å². The summed E-state index contributed by atoms with van der Waals surface area (Å²) in [5.41, 5.74) is 1.29. The molecule has 0 saturated carbocycles. The predicted octanol–water partition coefficient (Wildman–Crippen LogP) is 4.02. The molecule has 32 heavy (non-hydrogen) atoms. The average molecular weight is 572 g/mol. The molecule has 0 radical (unpaired) electrons. The predicted molar refractivity (Wildman–Crippen MR) is 141 cm³/mol. The molecule has 0 aliphatic carbocycles. The summed E-state index contributed by atoms with van der Waals surface area (Å²) >= 11 is 6.28. The largest absolute Gasteiger partial charge is 0.356 e. The highest BCUT2D eigenvalue weighted by molar-refractivity contribution is 14.0. The van der Waals surface area contributed by atoms with E-state index in [9.17, 15) is 0 Å². The molecule has 176 valence electrons. The molecule has 1 aromatic heterocycles. The van der Waals surface area contributed by atoms with Crippen molar-refractivity contribution in [2.24, 2.45) is 10.9 Å². The summed E-state index contributed by atoms with van der Waals surface area (Å²) in [6.45, 7) is 3.62. The Bertz CT molecular complexity index is 900. The van der Waals surface area contributed by atoms with Crippen molar-refractivity contribution < 1.29 is 0 Å². The number of nitrogens with one attached hydrogen (secondary N) is 2. The zero-order chi connectivity index (χ0) is 21.6. The summed E-state index contributed by atoms with van der Waals surface area (Å²) < 4.78 is 2.28. The minimum absolute atomic E-state index is 0. The minimum Gasteiger partial charge on any atom is -0.356 e. The molecular weight excluding hydrogens is 537 g/mol. The Labute approximate surface area is 213 Å². The highest BCUT2D eigenvalue weighted by atomic mass is 127. The average Bonchev–Trinajstić information content (AvgIpc) is 3.00. The van der Waals surface area contributed by atoms with Gasteiger partial charge < -0.3 is 15.2 Å². The zero-order valence-electron chi connectivity index (χ0n) is 19.1. The van der Waals surface area contributed by atoms with Crippen molar-refractivity contribution in [1.82, 2.24) is 30.3 Å². The molecule has 7 nitrogen and oxygen atoms in total. The van der Waals surface area contributed by atoms with Crippen molar-refractivity contribution in [3.63, 3.8) is 0 Å². The van der Waals surface area contributed by atoms with E-state index in [0.29, 0.717) is 18.5 Å². The van der Waals surface area contributed by atoms with Gasteiger partial charge in [0.1, 0.15) is 5.82 Å². The van der Waals surface area contributed by atoms with Gasteiger partial charge in [-0.1, -0.05) is 30.2 Å². The van der Waals surface area contributed by atoms with Crippen LogP contribution in [0.1, 0.15) is 55.4 Å². The van der Waals surface area contributed by atoms with Crippen molar-refractivity contribution in [3.05, 3.63) is 46.5 Å². The lowest BCUT2D eigenvalue weighted by molar-refractivity contribution is 0.122. The van der Waals surface area contributed by atoms with E-state index in [4.69, 9.17) is 11.6 Å². The second-order valence-corrected chi connectivity index (χ2v) is 9.12. The van der Waals surface area contributed by atoms with Crippen LogP contribution in [-0.2, 0) is 19.5 Å². The monoisotopic (exact) mass is 571 g/mol. The fraction of sp³-hybridized carbons (Fsp3) is 0.609. The van der Waals surface area contributed by atoms with Gasteiger partial charge in [-0.05, 0) is 62.9 Å². The number of guanidine groups is 1. The third kappa shape index (κ3) is 6.14. The Kier molecular flexibility index (Phi) is 9.61. The summed E-state index contributed by atoms with van der Waals surface area (Å²) in [7, 11) is 4.03. The van der Waals surface area contributed by atoms with E-state index >= 15 is 0 Å². The Morgan fingerprint density at radius 3 is 2.84 bits per heavy atom. The Balaban J connectivity index is 0.00000289. The van der Waals surface area contributed by atoms with Crippen LogP contribution in [0.3, 0.4) is 0 Å². The van der Waals surface area contributed by atoms with Crippen LogP contribution in [-0.4, -0.2) is 52.8 Å². The number of piperidine rings is 1. The molecular formula is C23H35ClIN7. The number of fused-ring (bicyclic) bond motifs is 1. The summed E-state index contributed by atoms with van der Waals surface area (Å²) in [6.07, 6.45) is 7.09. The zero-order valence-corrected chi connectivity index (χ0v) is 22.1. The number of halogens is 2. The van der Waals surface area contributed by atoms with Crippen LogP contribution in [0.25, 0.3) is 0 Å². The molecule has 2 atom stereocenters. The van der Waals surface area contributed by atoms with Crippen LogP contribution in [0.15, 0.2) is 29.3 Å². The molecule has 2 aliphatic rings. The Morgan fingerprint density at radius 2 is 2.03 bits per heavy atom. The number of nitrogens with zero attached hydrogens (tertiary/aromatic N) is 5. The third-order valence-electron chi connectivity index (χ3n) is 6.55. The van der Waals surface area contributed by atoms with Gasteiger partial charge in [-0.15, -0.1) is 34.2 Å². The Morgan fingerprint density at radius 1 is 1.16 bits per heavy atom. The van der Waals surface area contributed by atoms with Crippen LogP contribution in [0.2, 0.25) is 5.02 Å². The first-order chi connectivity index (χ1) is 15.2. The lowest BCUT2D eigenvalue weighted by Gasteiger charge is -2.40. The fourth-order valence-electron chi connectivity index (χ4n) is 4.98. The maximum Gasteiger partial charge on any atom is 0.191 e. The summed E-state index contributed by atoms with van der Waals surface area (Å²) in [4.78, 5) is 6.88.